The highest BCUT2D eigenvalue weighted by Gasteiger charge is 2.33. The molecule has 0 amide bonds. The lowest BCUT2D eigenvalue weighted by atomic mass is 9.85. The molecule has 2 nitrogen and oxygen atoms in total. The number of ether oxygens (including phenoxy) is 1. The second-order valence-corrected chi connectivity index (χ2v) is 5.58. The molecule has 0 aliphatic carbocycles. The van der Waals surface area contributed by atoms with Crippen LogP contribution in [0.4, 0.5) is 0 Å². The molecule has 0 bridgehead atoms. The Hall–Kier alpha value is -0.280. The Kier molecular flexibility index (Phi) is 6.61. The second-order valence-electron chi connectivity index (χ2n) is 4.76. The van der Waals surface area contributed by atoms with Gasteiger partial charge in [0.2, 0.25) is 0 Å². The Morgan fingerprint density at radius 1 is 1.16 bits per heavy atom. The van der Waals surface area contributed by atoms with E-state index in [4.69, 9.17) is 33.7 Å². The van der Waals surface area contributed by atoms with Crippen LogP contribution in [0, 0.1) is 0 Å². The van der Waals surface area contributed by atoms with E-state index in [1.165, 1.54) is 0 Å². The van der Waals surface area contributed by atoms with E-state index in [2.05, 4.69) is 13.8 Å². The van der Waals surface area contributed by atoms with Crippen molar-refractivity contribution < 1.29 is 4.74 Å². The first-order valence-corrected chi connectivity index (χ1v) is 7.58. The van der Waals surface area contributed by atoms with Gasteiger partial charge in [-0.15, -0.1) is 0 Å². The summed E-state index contributed by atoms with van der Waals surface area (Å²) >= 11 is 12.0. The molecule has 1 aromatic rings. The fourth-order valence-electron chi connectivity index (χ4n) is 2.48. The summed E-state index contributed by atoms with van der Waals surface area (Å²) in [5.74, 6) is 0. The number of benzene rings is 1. The molecule has 1 atom stereocenters. The minimum absolute atomic E-state index is 0.0558. The highest BCUT2D eigenvalue weighted by molar-refractivity contribution is 6.42. The van der Waals surface area contributed by atoms with E-state index in [1.807, 2.05) is 25.1 Å². The van der Waals surface area contributed by atoms with E-state index in [-0.39, 0.29) is 11.6 Å². The molecule has 1 rings (SSSR count). The predicted octanol–water partition coefficient (Wildman–Crippen LogP) is 4.46. The first-order chi connectivity index (χ1) is 8.99. The van der Waals surface area contributed by atoms with Crippen LogP contribution < -0.4 is 5.73 Å². The van der Waals surface area contributed by atoms with Crippen molar-refractivity contribution in [2.24, 2.45) is 5.73 Å². The highest BCUT2D eigenvalue weighted by atomic mass is 35.5. The van der Waals surface area contributed by atoms with Crippen molar-refractivity contribution in [2.45, 2.75) is 51.7 Å². The molecule has 0 heterocycles. The standard InChI is InChI=1S/C15H23Cl2NO/c1-4-15(5-2,19-6-3)14(18)10-11-7-8-12(16)13(17)9-11/h7-9,14H,4-6,10,18H2,1-3H3. The zero-order valence-corrected chi connectivity index (χ0v) is 13.4. The van der Waals surface area contributed by atoms with E-state index >= 15 is 0 Å². The summed E-state index contributed by atoms with van der Waals surface area (Å²) in [4.78, 5) is 0. The maximum atomic E-state index is 6.38. The van der Waals surface area contributed by atoms with Gasteiger partial charge in [0, 0.05) is 12.6 Å². The van der Waals surface area contributed by atoms with Crippen LogP contribution in [0.5, 0.6) is 0 Å². The van der Waals surface area contributed by atoms with Crippen LogP contribution in [0.15, 0.2) is 18.2 Å². The van der Waals surface area contributed by atoms with Gasteiger partial charge < -0.3 is 10.5 Å². The minimum Gasteiger partial charge on any atom is -0.374 e. The molecule has 0 fully saturated rings. The monoisotopic (exact) mass is 303 g/mol. The topological polar surface area (TPSA) is 35.2 Å². The molecule has 1 aromatic carbocycles. The number of rotatable bonds is 7. The van der Waals surface area contributed by atoms with Crippen molar-refractivity contribution >= 4 is 23.2 Å². The van der Waals surface area contributed by atoms with Crippen molar-refractivity contribution in [3.05, 3.63) is 33.8 Å². The molecule has 0 saturated carbocycles. The second kappa shape index (κ2) is 7.49. The van der Waals surface area contributed by atoms with Gasteiger partial charge in [-0.1, -0.05) is 43.1 Å². The molecule has 4 heteroatoms. The van der Waals surface area contributed by atoms with Crippen molar-refractivity contribution in [1.29, 1.82) is 0 Å². The maximum Gasteiger partial charge on any atom is 0.0830 e. The smallest absolute Gasteiger partial charge is 0.0830 e. The van der Waals surface area contributed by atoms with Crippen LogP contribution in [-0.2, 0) is 11.2 Å². The zero-order valence-electron chi connectivity index (χ0n) is 11.9. The molecular weight excluding hydrogens is 281 g/mol. The highest BCUT2D eigenvalue weighted by Crippen LogP contribution is 2.28. The summed E-state index contributed by atoms with van der Waals surface area (Å²) in [6, 6.07) is 5.60. The van der Waals surface area contributed by atoms with Crippen LogP contribution in [-0.4, -0.2) is 18.2 Å². The molecule has 2 N–H and O–H groups in total. The molecule has 19 heavy (non-hydrogen) atoms. The van der Waals surface area contributed by atoms with E-state index in [0.29, 0.717) is 16.7 Å². The van der Waals surface area contributed by atoms with E-state index in [9.17, 15) is 0 Å². The van der Waals surface area contributed by atoms with Crippen LogP contribution in [0.2, 0.25) is 10.0 Å². The van der Waals surface area contributed by atoms with Crippen LogP contribution in [0.1, 0.15) is 39.2 Å². The van der Waals surface area contributed by atoms with Crippen molar-refractivity contribution in [3.63, 3.8) is 0 Å². The minimum atomic E-state index is -0.263. The Morgan fingerprint density at radius 2 is 1.79 bits per heavy atom. The Bertz CT molecular complexity index is 405. The number of hydrogen-bond donors (Lipinski definition) is 1. The molecular formula is C15H23Cl2NO. The molecule has 0 aromatic heterocycles. The van der Waals surface area contributed by atoms with E-state index < -0.39 is 0 Å². The summed E-state index contributed by atoms with van der Waals surface area (Å²) < 4.78 is 5.93. The largest absolute Gasteiger partial charge is 0.374 e. The molecule has 0 saturated heterocycles. The van der Waals surface area contributed by atoms with Crippen LogP contribution in [0.25, 0.3) is 0 Å². The third-order valence-electron chi connectivity index (χ3n) is 3.74. The summed E-state index contributed by atoms with van der Waals surface area (Å²) in [5, 5.41) is 1.14. The summed E-state index contributed by atoms with van der Waals surface area (Å²) in [6.07, 6.45) is 2.54. The lowest BCUT2D eigenvalue weighted by Crippen LogP contribution is -2.50. The zero-order chi connectivity index (χ0) is 14.5. The third kappa shape index (κ3) is 4.09. The summed E-state index contributed by atoms with van der Waals surface area (Å²) in [7, 11) is 0. The van der Waals surface area contributed by atoms with Gasteiger partial charge in [-0.2, -0.15) is 0 Å². The van der Waals surface area contributed by atoms with Gasteiger partial charge in [-0.05, 0) is 43.9 Å². The fraction of sp³-hybridized carbons (Fsp3) is 0.600. The number of hydrogen-bond acceptors (Lipinski definition) is 2. The van der Waals surface area contributed by atoms with Gasteiger partial charge in [0.15, 0.2) is 0 Å². The van der Waals surface area contributed by atoms with Gasteiger partial charge in [0.25, 0.3) is 0 Å². The normalized spacial score (nSPS) is 13.6. The fourth-order valence-corrected chi connectivity index (χ4v) is 2.80. The molecule has 0 radical (unpaired) electrons. The van der Waals surface area contributed by atoms with Crippen molar-refractivity contribution in [1.82, 2.24) is 0 Å². The van der Waals surface area contributed by atoms with Crippen LogP contribution >= 0.6 is 23.2 Å². The third-order valence-corrected chi connectivity index (χ3v) is 4.48. The van der Waals surface area contributed by atoms with Crippen molar-refractivity contribution in [2.75, 3.05) is 6.61 Å². The summed E-state index contributed by atoms with van der Waals surface area (Å²) in [5.41, 5.74) is 7.21. The van der Waals surface area contributed by atoms with Gasteiger partial charge in [-0.25, -0.2) is 0 Å². The lowest BCUT2D eigenvalue weighted by Gasteiger charge is -2.37. The van der Waals surface area contributed by atoms with Crippen LogP contribution in [0.3, 0.4) is 0 Å². The Morgan fingerprint density at radius 3 is 2.26 bits per heavy atom. The van der Waals surface area contributed by atoms with Gasteiger partial charge >= 0.3 is 0 Å². The number of nitrogens with two attached hydrogens (primary N) is 1. The Balaban J connectivity index is 2.86. The van der Waals surface area contributed by atoms with E-state index in [0.717, 1.165) is 24.8 Å². The van der Waals surface area contributed by atoms with Crippen molar-refractivity contribution in [3.8, 4) is 0 Å². The first kappa shape index (κ1) is 16.8. The first-order valence-electron chi connectivity index (χ1n) is 6.82. The SMILES string of the molecule is CCOC(CC)(CC)C(N)Cc1ccc(Cl)c(Cl)c1. The maximum absolute atomic E-state index is 6.38. The average Bonchev–Trinajstić information content (AvgIpc) is 2.40. The molecule has 0 aliphatic rings. The van der Waals surface area contributed by atoms with E-state index in [1.54, 1.807) is 0 Å². The Labute approximate surface area is 126 Å². The molecule has 0 aliphatic heterocycles. The average molecular weight is 304 g/mol. The molecule has 0 spiro atoms. The molecule has 108 valence electrons. The van der Waals surface area contributed by atoms with Gasteiger partial charge in [-0.3, -0.25) is 0 Å². The van der Waals surface area contributed by atoms with Gasteiger partial charge in [0.1, 0.15) is 0 Å². The quantitative estimate of drug-likeness (QED) is 0.807. The summed E-state index contributed by atoms with van der Waals surface area (Å²) in [6.45, 7) is 6.92. The predicted molar refractivity (Wildman–Crippen MR) is 83.1 cm³/mol. The molecule has 1 unspecified atom stereocenters. The number of halogens is 2. The lowest BCUT2D eigenvalue weighted by molar-refractivity contribution is -0.0633. The van der Waals surface area contributed by atoms with Gasteiger partial charge in [0.05, 0.1) is 15.6 Å².